The third-order valence-corrected chi connectivity index (χ3v) is 2.31. The van der Waals surface area contributed by atoms with E-state index in [-0.39, 0.29) is 11.4 Å². The Morgan fingerprint density at radius 3 is 2.81 bits per heavy atom. The van der Waals surface area contributed by atoms with Crippen molar-refractivity contribution in [1.82, 2.24) is 14.8 Å². The Kier molecular flexibility index (Phi) is 2.69. The maximum absolute atomic E-state index is 13.5. The summed E-state index contributed by atoms with van der Waals surface area (Å²) < 4.78 is 15.2. The van der Waals surface area contributed by atoms with Gasteiger partial charge in [-0.15, -0.1) is 0 Å². The number of carbonyl (C=O) groups excluding carboxylic acids is 1. The number of nitrogens with zero attached hydrogens (tertiary/aromatic N) is 3. The summed E-state index contributed by atoms with van der Waals surface area (Å²) in [5, 5.41) is 3.80. The molecule has 0 spiro atoms. The third kappa shape index (κ3) is 1.94. The summed E-state index contributed by atoms with van der Waals surface area (Å²) in [6, 6.07) is 1.26. The van der Waals surface area contributed by atoms with Gasteiger partial charge in [0.25, 0.3) is 5.91 Å². The molecule has 16 heavy (non-hydrogen) atoms. The first kappa shape index (κ1) is 10.7. The van der Waals surface area contributed by atoms with E-state index in [0.29, 0.717) is 4.47 Å². The minimum atomic E-state index is -0.622. The zero-order valence-corrected chi connectivity index (χ0v) is 9.48. The van der Waals surface area contributed by atoms with Gasteiger partial charge in [-0.05, 0) is 22.0 Å². The second-order valence-electron chi connectivity index (χ2n) is 3.00. The Labute approximate surface area is 98.2 Å². The van der Waals surface area contributed by atoms with Gasteiger partial charge >= 0.3 is 0 Å². The van der Waals surface area contributed by atoms with Gasteiger partial charge in [-0.2, -0.15) is 5.10 Å². The molecule has 82 valence electrons. The van der Waals surface area contributed by atoms with Crippen molar-refractivity contribution in [2.75, 3.05) is 0 Å². The van der Waals surface area contributed by atoms with Crippen LogP contribution in [0.15, 0.2) is 29.1 Å². The minimum absolute atomic E-state index is 0.00991. The molecule has 0 saturated carbocycles. The maximum Gasteiger partial charge on any atom is 0.251 e. The predicted molar refractivity (Wildman–Crippen MR) is 57.5 cm³/mol. The fraction of sp³-hybridized carbons (Fsp3) is 0. The highest BCUT2D eigenvalue weighted by Gasteiger charge is 2.10. The van der Waals surface area contributed by atoms with Crippen molar-refractivity contribution in [1.29, 1.82) is 0 Å². The third-order valence-electron chi connectivity index (χ3n) is 1.87. The monoisotopic (exact) mass is 284 g/mol. The number of nitrogens with two attached hydrogens (primary N) is 1. The first-order chi connectivity index (χ1) is 7.58. The van der Waals surface area contributed by atoms with Gasteiger partial charge in [0.2, 0.25) is 0 Å². The SMILES string of the molecule is NC(=O)c1cnn(-c2ncc(Br)cc2F)c1. The molecule has 5 nitrogen and oxygen atoms in total. The molecule has 0 aliphatic rings. The first-order valence-corrected chi connectivity index (χ1v) is 5.03. The fourth-order valence-electron chi connectivity index (χ4n) is 1.14. The Balaban J connectivity index is 2.46. The molecule has 0 fully saturated rings. The van der Waals surface area contributed by atoms with E-state index in [1.54, 1.807) is 0 Å². The van der Waals surface area contributed by atoms with Crippen LogP contribution in [0.1, 0.15) is 10.4 Å². The lowest BCUT2D eigenvalue weighted by molar-refractivity contribution is 0.100. The Hall–Kier alpha value is -1.76. The molecule has 0 atom stereocenters. The average Bonchev–Trinajstić information content (AvgIpc) is 2.66. The fourth-order valence-corrected chi connectivity index (χ4v) is 1.45. The predicted octanol–water partition coefficient (Wildman–Crippen LogP) is 1.27. The summed E-state index contributed by atoms with van der Waals surface area (Å²) in [6.07, 6.45) is 4.01. The molecule has 2 N–H and O–H groups in total. The highest BCUT2D eigenvalue weighted by atomic mass is 79.9. The van der Waals surface area contributed by atoms with Gasteiger partial charge in [0.05, 0.1) is 11.8 Å². The Morgan fingerprint density at radius 1 is 1.50 bits per heavy atom. The average molecular weight is 285 g/mol. The molecule has 2 rings (SSSR count). The molecule has 0 bridgehead atoms. The van der Waals surface area contributed by atoms with Crippen LogP contribution in [-0.2, 0) is 0 Å². The van der Waals surface area contributed by atoms with Crippen LogP contribution < -0.4 is 5.73 Å². The van der Waals surface area contributed by atoms with Crippen LogP contribution in [0.4, 0.5) is 4.39 Å². The summed E-state index contributed by atoms with van der Waals surface area (Å²) in [6.45, 7) is 0. The van der Waals surface area contributed by atoms with Crippen LogP contribution in [0, 0.1) is 5.82 Å². The molecule has 7 heteroatoms. The second kappa shape index (κ2) is 4.01. The van der Waals surface area contributed by atoms with E-state index in [4.69, 9.17) is 5.73 Å². The van der Waals surface area contributed by atoms with E-state index in [2.05, 4.69) is 26.0 Å². The van der Waals surface area contributed by atoms with Crippen molar-refractivity contribution < 1.29 is 9.18 Å². The van der Waals surface area contributed by atoms with E-state index < -0.39 is 11.7 Å². The zero-order chi connectivity index (χ0) is 11.7. The van der Waals surface area contributed by atoms with E-state index in [9.17, 15) is 9.18 Å². The van der Waals surface area contributed by atoms with E-state index in [1.165, 1.54) is 24.7 Å². The van der Waals surface area contributed by atoms with Crippen molar-refractivity contribution in [3.63, 3.8) is 0 Å². The number of hydrogen-bond acceptors (Lipinski definition) is 3. The standard InChI is InChI=1S/C9H6BrFN4O/c10-6-1-7(11)9(13-3-6)15-4-5(2-14-15)8(12)16/h1-4H,(H2,12,16). The van der Waals surface area contributed by atoms with Gasteiger partial charge in [0.15, 0.2) is 11.6 Å². The lowest BCUT2D eigenvalue weighted by Gasteiger charge is -2.01. The number of amides is 1. The van der Waals surface area contributed by atoms with Crippen molar-refractivity contribution >= 4 is 21.8 Å². The largest absolute Gasteiger partial charge is 0.366 e. The first-order valence-electron chi connectivity index (χ1n) is 4.24. The van der Waals surface area contributed by atoms with E-state index >= 15 is 0 Å². The molecular weight excluding hydrogens is 279 g/mol. The van der Waals surface area contributed by atoms with E-state index in [1.807, 2.05) is 0 Å². The molecule has 0 aliphatic heterocycles. The molecule has 2 heterocycles. The Bertz CT molecular complexity index is 554. The topological polar surface area (TPSA) is 73.8 Å². The maximum atomic E-state index is 13.5. The minimum Gasteiger partial charge on any atom is -0.366 e. The number of aromatic nitrogens is 3. The number of halogens is 2. The van der Waals surface area contributed by atoms with E-state index in [0.717, 1.165) is 4.68 Å². The lowest BCUT2D eigenvalue weighted by Crippen LogP contribution is -2.09. The smallest absolute Gasteiger partial charge is 0.251 e. The van der Waals surface area contributed by atoms with Gasteiger partial charge in [-0.1, -0.05) is 0 Å². The van der Waals surface area contributed by atoms with Crippen LogP contribution in [0.25, 0.3) is 5.82 Å². The quantitative estimate of drug-likeness (QED) is 0.902. The van der Waals surface area contributed by atoms with Crippen LogP contribution in [0.5, 0.6) is 0 Å². The van der Waals surface area contributed by atoms with Crippen molar-refractivity contribution in [3.8, 4) is 5.82 Å². The van der Waals surface area contributed by atoms with Crippen LogP contribution in [-0.4, -0.2) is 20.7 Å². The molecule has 0 unspecified atom stereocenters. The second-order valence-corrected chi connectivity index (χ2v) is 3.91. The number of carbonyl (C=O) groups is 1. The van der Waals surface area contributed by atoms with Crippen LogP contribution in [0.2, 0.25) is 0 Å². The lowest BCUT2D eigenvalue weighted by atomic mass is 10.3. The number of primary amides is 1. The number of rotatable bonds is 2. The van der Waals surface area contributed by atoms with Crippen LogP contribution >= 0.6 is 15.9 Å². The van der Waals surface area contributed by atoms with Gasteiger partial charge < -0.3 is 5.73 Å². The van der Waals surface area contributed by atoms with Crippen molar-refractivity contribution in [2.45, 2.75) is 0 Å². The summed E-state index contributed by atoms with van der Waals surface area (Å²) in [5.74, 6) is -1.16. The van der Waals surface area contributed by atoms with Gasteiger partial charge in [0, 0.05) is 16.9 Å². The molecule has 1 amide bonds. The summed E-state index contributed by atoms with van der Waals surface area (Å²) >= 11 is 3.09. The molecule has 0 aromatic carbocycles. The van der Waals surface area contributed by atoms with Crippen molar-refractivity contribution in [2.24, 2.45) is 5.73 Å². The summed E-state index contributed by atoms with van der Waals surface area (Å²) in [5.41, 5.74) is 5.25. The highest BCUT2D eigenvalue weighted by molar-refractivity contribution is 9.10. The number of hydrogen-bond donors (Lipinski definition) is 1. The molecule has 0 radical (unpaired) electrons. The molecule has 2 aromatic rings. The highest BCUT2D eigenvalue weighted by Crippen LogP contribution is 2.15. The molecular formula is C9H6BrFN4O. The normalized spacial score (nSPS) is 10.4. The molecule has 0 aliphatic carbocycles. The van der Waals surface area contributed by atoms with Gasteiger partial charge in [0.1, 0.15) is 0 Å². The van der Waals surface area contributed by atoms with Gasteiger partial charge in [-0.25, -0.2) is 14.1 Å². The number of pyridine rings is 1. The summed E-state index contributed by atoms with van der Waals surface area (Å²) in [7, 11) is 0. The Morgan fingerprint density at radius 2 is 2.25 bits per heavy atom. The van der Waals surface area contributed by atoms with Gasteiger partial charge in [-0.3, -0.25) is 4.79 Å². The molecule has 0 saturated heterocycles. The molecule has 2 aromatic heterocycles. The van der Waals surface area contributed by atoms with Crippen LogP contribution in [0.3, 0.4) is 0 Å². The van der Waals surface area contributed by atoms with Crippen molar-refractivity contribution in [3.05, 3.63) is 40.5 Å². The zero-order valence-electron chi connectivity index (χ0n) is 7.89. The summed E-state index contributed by atoms with van der Waals surface area (Å²) in [4.78, 5) is 14.7.